The number of aliphatic hydroxyl groups is 1. The normalized spacial score (nSPS) is 23.4. The fourth-order valence-electron chi connectivity index (χ4n) is 3.77. The number of rotatable bonds is 5. The topological polar surface area (TPSA) is 67.6 Å². The molecule has 1 unspecified atom stereocenters. The summed E-state index contributed by atoms with van der Waals surface area (Å²) < 4.78 is 0. The van der Waals surface area contributed by atoms with Gasteiger partial charge in [-0.05, 0) is 38.5 Å². The average Bonchev–Trinajstić information content (AvgIpc) is 2.60. The third-order valence-corrected chi connectivity index (χ3v) is 5.22. The molecule has 0 aromatic carbocycles. The van der Waals surface area contributed by atoms with E-state index in [9.17, 15) is 15.2 Å². The highest BCUT2D eigenvalue weighted by atomic mass is 16.3. The predicted molar refractivity (Wildman–Crippen MR) is 89.4 cm³/mol. The van der Waals surface area contributed by atoms with Gasteiger partial charge in [-0.1, -0.05) is 19.3 Å². The minimum atomic E-state index is -0.160. The fraction of sp³-hybridized carbons (Fsp3) is 0.778. The molecule has 1 amide bonds. The first kappa shape index (κ1) is 17.8. The van der Waals surface area contributed by atoms with Gasteiger partial charge in [-0.25, -0.2) is 0 Å². The van der Waals surface area contributed by atoms with Gasteiger partial charge < -0.3 is 14.9 Å². The van der Waals surface area contributed by atoms with Crippen molar-refractivity contribution in [1.29, 1.82) is 5.26 Å². The largest absolute Gasteiger partial charge is 0.396 e. The SMILES string of the molecule is CN(C(=O)/C(C#N)=C\N1CCCCC1CCO)C1CCCCC1. The number of hydrogen-bond donors (Lipinski definition) is 1. The standard InChI is InChI=1S/C18H29N3O2/c1-20(16-7-3-2-4-8-16)18(23)15(13-19)14-21-11-6-5-9-17(21)10-12-22/h14,16-17,22H,2-12H2,1H3/b15-14-. The van der Waals surface area contributed by atoms with Gasteiger partial charge in [-0.2, -0.15) is 5.26 Å². The van der Waals surface area contributed by atoms with Gasteiger partial charge >= 0.3 is 0 Å². The first-order valence-electron chi connectivity index (χ1n) is 8.93. The van der Waals surface area contributed by atoms with E-state index in [0.717, 1.165) is 38.6 Å². The number of carbonyl (C=O) groups excluding carboxylic acids is 1. The summed E-state index contributed by atoms with van der Waals surface area (Å²) in [5.41, 5.74) is 0.225. The Hall–Kier alpha value is -1.54. The second kappa shape index (κ2) is 8.93. The molecule has 0 aromatic heterocycles. The number of nitrogens with zero attached hydrogens (tertiary/aromatic N) is 3. The minimum Gasteiger partial charge on any atom is -0.396 e. The highest BCUT2D eigenvalue weighted by Crippen LogP contribution is 2.24. The van der Waals surface area contributed by atoms with Crippen LogP contribution >= 0.6 is 0 Å². The van der Waals surface area contributed by atoms with Gasteiger partial charge in [0.05, 0.1) is 0 Å². The Labute approximate surface area is 139 Å². The molecule has 1 N–H and O–H groups in total. The lowest BCUT2D eigenvalue weighted by Crippen LogP contribution is -2.40. The number of piperidine rings is 1. The zero-order valence-corrected chi connectivity index (χ0v) is 14.2. The molecule has 0 radical (unpaired) electrons. The molecule has 0 bridgehead atoms. The van der Waals surface area contributed by atoms with Gasteiger partial charge in [0, 0.05) is 38.5 Å². The van der Waals surface area contributed by atoms with Crippen LogP contribution in [0.5, 0.6) is 0 Å². The number of hydrogen-bond acceptors (Lipinski definition) is 4. The summed E-state index contributed by atoms with van der Waals surface area (Å²) in [6.07, 6.45) is 11.3. The molecule has 1 saturated carbocycles. The molecular weight excluding hydrogens is 290 g/mol. The molecule has 1 heterocycles. The molecule has 2 fully saturated rings. The molecule has 128 valence electrons. The summed E-state index contributed by atoms with van der Waals surface area (Å²) in [4.78, 5) is 16.5. The van der Waals surface area contributed by atoms with Gasteiger partial charge in [-0.3, -0.25) is 4.79 Å². The van der Waals surface area contributed by atoms with Gasteiger partial charge in [0.15, 0.2) is 0 Å². The second-order valence-electron chi connectivity index (χ2n) is 6.76. The molecule has 2 aliphatic rings. The van der Waals surface area contributed by atoms with Crippen LogP contribution in [0.25, 0.3) is 0 Å². The van der Waals surface area contributed by atoms with Gasteiger partial charge in [0.2, 0.25) is 0 Å². The Morgan fingerprint density at radius 2 is 1.96 bits per heavy atom. The zero-order valence-electron chi connectivity index (χ0n) is 14.2. The number of likely N-dealkylation sites (tertiary alicyclic amines) is 1. The Morgan fingerprint density at radius 3 is 2.61 bits per heavy atom. The van der Waals surface area contributed by atoms with E-state index in [1.807, 2.05) is 7.05 Å². The van der Waals surface area contributed by atoms with Crippen LogP contribution in [-0.4, -0.2) is 53.1 Å². The average molecular weight is 319 g/mol. The molecule has 23 heavy (non-hydrogen) atoms. The monoisotopic (exact) mass is 319 g/mol. The summed E-state index contributed by atoms with van der Waals surface area (Å²) in [6, 6.07) is 2.60. The smallest absolute Gasteiger partial charge is 0.265 e. The van der Waals surface area contributed by atoms with Crippen molar-refractivity contribution in [2.45, 2.75) is 69.9 Å². The van der Waals surface area contributed by atoms with E-state index in [1.165, 1.54) is 19.3 Å². The molecule has 2 rings (SSSR count). The van der Waals surface area contributed by atoms with Crippen LogP contribution in [0.4, 0.5) is 0 Å². The number of aliphatic hydroxyl groups excluding tert-OH is 1. The van der Waals surface area contributed by atoms with Gasteiger partial charge in [0.25, 0.3) is 5.91 Å². The highest BCUT2D eigenvalue weighted by Gasteiger charge is 2.26. The van der Waals surface area contributed by atoms with Crippen LogP contribution in [0.3, 0.4) is 0 Å². The van der Waals surface area contributed by atoms with Crippen molar-refractivity contribution in [3.05, 3.63) is 11.8 Å². The van der Waals surface area contributed by atoms with Crippen LogP contribution in [0, 0.1) is 11.3 Å². The van der Waals surface area contributed by atoms with E-state index in [0.29, 0.717) is 6.42 Å². The Morgan fingerprint density at radius 1 is 1.26 bits per heavy atom. The molecule has 5 heteroatoms. The zero-order chi connectivity index (χ0) is 16.7. The van der Waals surface area contributed by atoms with Crippen molar-refractivity contribution in [3.8, 4) is 6.07 Å². The Bertz CT molecular complexity index is 461. The lowest BCUT2D eigenvalue weighted by atomic mass is 9.94. The van der Waals surface area contributed by atoms with Crippen molar-refractivity contribution in [3.63, 3.8) is 0 Å². The highest BCUT2D eigenvalue weighted by molar-refractivity contribution is 5.97. The molecule has 1 atom stereocenters. The molecule has 1 saturated heterocycles. The van der Waals surface area contributed by atoms with Crippen molar-refractivity contribution in [2.24, 2.45) is 0 Å². The second-order valence-corrected chi connectivity index (χ2v) is 6.76. The molecular formula is C18H29N3O2. The number of carbonyl (C=O) groups is 1. The summed E-state index contributed by atoms with van der Waals surface area (Å²) in [6.45, 7) is 1.00. The van der Waals surface area contributed by atoms with Crippen molar-refractivity contribution in [1.82, 2.24) is 9.80 Å². The lowest BCUT2D eigenvalue weighted by molar-refractivity contribution is -0.128. The van der Waals surface area contributed by atoms with Crippen molar-refractivity contribution in [2.75, 3.05) is 20.2 Å². The summed E-state index contributed by atoms with van der Waals surface area (Å²) in [5.74, 6) is -0.160. The summed E-state index contributed by atoms with van der Waals surface area (Å²) in [5, 5.41) is 18.7. The Balaban J connectivity index is 2.07. The molecule has 5 nitrogen and oxygen atoms in total. The summed E-state index contributed by atoms with van der Waals surface area (Å²) in [7, 11) is 1.82. The van der Waals surface area contributed by atoms with E-state index < -0.39 is 0 Å². The quantitative estimate of drug-likeness (QED) is 0.624. The van der Waals surface area contributed by atoms with E-state index in [-0.39, 0.29) is 30.2 Å². The van der Waals surface area contributed by atoms with E-state index in [2.05, 4.69) is 11.0 Å². The van der Waals surface area contributed by atoms with Gasteiger partial charge in [-0.15, -0.1) is 0 Å². The lowest BCUT2D eigenvalue weighted by Gasteiger charge is -2.35. The van der Waals surface area contributed by atoms with E-state index in [1.54, 1.807) is 11.1 Å². The van der Waals surface area contributed by atoms with Crippen LogP contribution in [0.1, 0.15) is 57.8 Å². The maximum Gasteiger partial charge on any atom is 0.265 e. The van der Waals surface area contributed by atoms with Crippen LogP contribution in [0.2, 0.25) is 0 Å². The Kier molecular flexibility index (Phi) is 6.91. The third kappa shape index (κ3) is 4.71. The van der Waals surface area contributed by atoms with E-state index in [4.69, 9.17) is 0 Å². The number of likely N-dealkylation sites (N-methyl/N-ethyl adjacent to an activating group) is 1. The third-order valence-electron chi connectivity index (χ3n) is 5.22. The van der Waals surface area contributed by atoms with Crippen LogP contribution < -0.4 is 0 Å². The number of nitriles is 1. The predicted octanol–water partition coefficient (Wildman–Crippen LogP) is 2.42. The van der Waals surface area contributed by atoms with Crippen LogP contribution in [-0.2, 0) is 4.79 Å². The molecule has 0 spiro atoms. The minimum absolute atomic E-state index is 0.146. The molecule has 1 aliphatic carbocycles. The molecule has 1 aliphatic heterocycles. The van der Waals surface area contributed by atoms with Crippen LogP contribution in [0.15, 0.2) is 11.8 Å². The first-order chi connectivity index (χ1) is 11.2. The van der Waals surface area contributed by atoms with Crippen molar-refractivity contribution >= 4 is 5.91 Å². The maximum atomic E-state index is 12.7. The van der Waals surface area contributed by atoms with Crippen molar-refractivity contribution < 1.29 is 9.90 Å². The molecule has 0 aromatic rings. The fourth-order valence-corrected chi connectivity index (χ4v) is 3.77. The number of amides is 1. The maximum absolute atomic E-state index is 12.7. The van der Waals surface area contributed by atoms with Gasteiger partial charge in [0.1, 0.15) is 11.6 Å². The summed E-state index contributed by atoms with van der Waals surface area (Å²) >= 11 is 0. The van der Waals surface area contributed by atoms with E-state index >= 15 is 0 Å². The first-order valence-corrected chi connectivity index (χ1v) is 8.93.